The van der Waals surface area contributed by atoms with E-state index >= 15 is 0 Å². The minimum Gasteiger partial charge on any atom is -0.376 e. The fourth-order valence-corrected chi connectivity index (χ4v) is 4.97. The Kier molecular flexibility index (Phi) is 6.87. The van der Waals surface area contributed by atoms with E-state index in [1.54, 1.807) is 30.1 Å². The van der Waals surface area contributed by atoms with Crippen molar-refractivity contribution in [3.05, 3.63) is 89.5 Å². The fourth-order valence-electron chi connectivity index (χ4n) is 4.00. The first-order valence-electron chi connectivity index (χ1n) is 11.3. The summed E-state index contributed by atoms with van der Waals surface area (Å²) in [6.45, 7) is 1.92. The van der Waals surface area contributed by atoms with Crippen molar-refractivity contribution in [3.63, 3.8) is 0 Å². The van der Waals surface area contributed by atoms with Gasteiger partial charge in [-0.15, -0.1) is 0 Å². The molecule has 0 saturated carbocycles. The van der Waals surface area contributed by atoms with Gasteiger partial charge in [0, 0.05) is 30.7 Å². The topological polar surface area (TPSA) is 69.0 Å². The molecule has 0 spiro atoms. The van der Waals surface area contributed by atoms with Crippen molar-refractivity contribution in [2.45, 2.75) is 36.4 Å². The Bertz CT molecular complexity index is 1270. The van der Waals surface area contributed by atoms with E-state index in [0.29, 0.717) is 24.4 Å². The molecule has 3 heterocycles. The van der Waals surface area contributed by atoms with Gasteiger partial charge < -0.3 is 14.6 Å². The van der Waals surface area contributed by atoms with E-state index < -0.39 is 0 Å². The highest BCUT2D eigenvalue weighted by Gasteiger charge is 2.17. The number of pyridine rings is 1. The minimum atomic E-state index is -0.240. The highest BCUT2D eigenvalue weighted by atomic mass is 32.2. The van der Waals surface area contributed by atoms with Gasteiger partial charge in [-0.2, -0.15) is 0 Å². The lowest BCUT2D eigenvalue weighted by Gasteiger charge is -2.12. The number of nitrogens with one attached hydrogen (secondary N) is 1. The maximum Gasteiger partial charge on any atom is 0.251 e. The van der Waals surface area contributed by atoms with Crippen LogP contribution in [0.4, 0.5) is 4.39 Å². The van der Waals surface area contributed by atoms with Crippen molar-refractivity contribution in [1.82, 2.24) is 19.9 Å². The van der Waals surface area contributed by atoms with Crippen LogP contribution in [0.3, 0.4) is 0 Å². The first kappa shape index (κ1) is 22.6. The summed E-state index contributed by atoms with van der Waals surface area (Å²) in [6, 6.07) is 16.1. The third kappa shape index (κ3) is 5.29. The summed E-state index contributed by atoms with van der Waals surface area (Å²) >= 11 is 1.60. The van der Waals surface area contributed by atoms with Crippen molar-refractivity contribution in [2.24, 2.45) is 0 Å². The lowest BCUT2D eigenvalue weighted by atomic mass is 10.1. The molecule has 5 rings (SSSR count). The second kappa shape index (κ2) is 10.4. The van der Waals surface area contributed by atoms with Gasteiger partial charge in [-0.05, 0) is 54.3 Å². The molecule has 1 atom stereocenters. The van der Waals surface area contributed by atoms with Gasteiger partial charge in [0.25, 0.3) is 5.91 Å². The van der Waals surface area contributed by atoms with Gasteiger partial charge in [0.1, 0.15) is 5.82 Å². The van der Waals surface area contributed by atoms with Crippen LogP contribution in [-0.2, 0) is 17.0 Å². The van der Waals surface area contributed by atoms with Crippen LogP contribution in [0.1, 0.15) is 34.3 Å². The van der Waals surface area contributed by atoms with E-state index in [-0.39, 0.29) is 17.8 Å². The number of amides is 1. The standard InChI is InChI=1S/C26H25FN4O2S/c27-21-9-5-19(6-10-21)17-34-26-30-23-11-12-28-15-24(23)31(26)16-18-3-7-20(8-4-18)25(32)29-14-22-2-1-13-33-22/h3-12,15,22H,1-2,13-14,16-17H2,(H,29,32). The number of halogens is 1. The minimum absolute atomic E-state index is 0.0881. The molecule has 34 heavy (non-hydrogen) atoms. The number of rotatable bonds is 8. The van der Waals surface area contributed by atoms with Crippen LogP contribution < -0.4 is 5.32 Å². The molecule has 8 heteroatoms. The molecule has 2 aromatic heterocycles. The summed E-state index contributed by atoms with van der Waals surface area (Å²) in [6.07, 6.45) is 5.72. The van der Waals surface area contributed by atoms with E-state index in [1.807, 2.05) is 36.5 Å². The molecule has 174 valence electrons. The summed E-state index contributed by atoms with van der Waals surface area (Å²) in [5, 5.41) is 3.83. The van der Waals surface area contributed by atoms with Crippen LogP contribution in [0.2, 0.25) is 0 Å². The monoisotopic (exact) mass is 476 g/mol. The predicted molar refractivity (Wildman–Crippen MR) is 130 cm³/mol. The number of hydrogen-bond acceptors (Lipinski definition) is 5. The molecular weight excluding hydrogens is 451 g/mol. The lowest BCUT2D eigenvalue weighted by Crippen LogP contribution is -2.31. The largest absolute Gasteiger partial charge is 0.376 e. The van der Waals surface area contributed by atoms with E-state index in [9.17, 15) is 9.18 Å². The number of carbonyl (C=O) groups excluding carboxylic acids is 1. The Morgan fingerprint density at radius 1 is 1.12 bits per heavy atom. The molecule has 1 amide bonds. The second-order valence-corrected chi connectivity index (χ2v) is 9.24. The third-order valence-corrected chi connectivity index (χ3v) is 6.92. The number of carbonyl (C=O) groups is 1. The SMILES string of the molecule is O=C(NCC1CCCO1)c1ccc(Cn2c(SCc3ccc(F)cc3)nc3ccncc32)cc1. The van der Waals surface area contributed by atoms with Crippen LogP contribution in [0.15, 0.2) is 72.1 Å². The number of hydrogen-bond donors (Lipinski definition) is 1. The van der Waals surface area contributed by atoms with Crippen LogP contribution in [0.5, 0.6) is 0 Å². The van der Waals surface area contributed by atoms with Gasteiger partial charge in [-0.25, -0.2) is 9.37 Å². The maximum absolute atomic E-state index is 13.2. The smallest absolute Gasteiger partial charge is 0.251 e. The summed E-state index contributed by atoms with van der Waals surface area (Å²) in [7, 11) is 0. The van der Waals surface area contributed by atoms with Gasteiger partial charge in [0.2, 0.25) is 0 Å². The van der Waals surface area contributed by atoms with Crippen molar-refractivity contribution in [3.8, 4) is 0 Å². The number of ether oxygens (including phenoxy) is 1. The molecule has 0 radical (unpaired) electrons. The zero-order valence-corrected chi connectivity index (χ0v) is 19.4. The van der Waals surface area contributed by atoms with Crippen LogP contribution in [-0.4, -0.2) is 39.7 Å². The summed E-state index contributed by atoms with van der Waals surface area (Å²) < 4.78 is 20.9. The van der Waals surface area contributed by atoms with Crippen LogP contribution in [0.25, 0.3) is 11.0 Å². The number of aromatic nitrogens is 3. The molecule has 4 aromatic rings. The van der Waals surface area contributed by atoms with Crippen molar-refractivity contribution in [2.75, 3.05) is 13.2 Å². The molecule has 1 aliphatic heterocycles. The number of fused-ring (bicyclic) bond motifs is 1. The summed E-state index contributed by atoms with van der Waals surface area (Å²) in [4.78, 5) is 21.5. The fraction of sp³-hybridized carbons (Fsp3) is 0.269. The second-order valence-electron chi connectivity index (χ2n) is 8.30. The molecule has 1 unspecified atom stereocenters. The van der Waals surface area contributed by atoms with Gasteiger partial charge in [-0.1, -0.05) is 36.0 Å². The molecule has 6 nitrogen and oxygen atoms in total. The maximum atomic E-state index is 13.2. The molecular formula is C26H25FN4O2S. The number of benzene rings is 2. The molecule has 1 N–H and O–H groups in total. The molecule has 0 bridgehead atoms. The van der Waals surface area contributed by atoms with Gasteiger partial charge in [0.05, 0.1) is 29.9 Å². The molecule has 1 fully saturated rings. The highest BCUT2D eigenvalue weighted by molar-refractivity contribution is 7.98. The zero-order valence-electron chi connectivity index (χ0n) is 18.6. The Balaban J connectivity index is 1.30. The first-order valence-corrected chi connectivity index (χ1v) is 12.3. The van der Waals surface area contributed by atoms with Gasteiger partial charge >= 0.3 is 0 Å². The highest BCUT2D eigenvalue weighted by Crippen LogP contribution is 2.27. The Morgan fingerprint density at radius 2 is 1.91 bits per heavy atom. The average Bonchev–Trinajstić information content (AvgIpc) is 3.51. The molecule has 2 aromatic carbocycles. The van der Waals surface area contributed by atoms with E-state index in [0.717, 1.165) is 46.8 Å². The number of thioether (sulfide) groups is 1. The van der Waals surface area contributed by atoms with Crippen molar-refractivity contribution >= 4 is 28.7 Å². The van der Waals surface area contributed by atoms with Gasteiger partial charge in [-0.3, -0.25) is 9.78 Å². The van der Waals surface area contributed by atoms with Crippen LogP contribution >= 0.6 is 11.8 Å². The van der Waals surface area contributed by atoms with Crippen molar-refractivity contribution in [1.29, 1.82) is 0 Å². The van der Waals surface area contributed by atoms with Crippen molar-refractivity contribution < 1.29 is 13.9 Å². The summed E-state index contributed by atoms with van der Waals surface area (Å²) in [5.41, 5.74) is 4.54. The Morgan fingerprint density at radius 3 is 2.68 bits per heavy atom. The predicted octanol–water partition coefficient (Wildman–Crippen LogP) is 4.82. The Hall–Kier alpha value is -3.23. The van der Waals surface area contributed by atoms with E-state index in [1.165, 1.54) is 12.1 Å². The zero-order chi connectivity index (χ0) is 23.3. The Labute approximate surface area is 201 Å². The average molecular weight is 477 g/mol. The molecule has 1 saturated heterocycles. The first-order chi connectivity index (χ1) is 16.7. The number of imidazole rings is 1. The number of nitrogens with zero attached hydrogens (tertiary/aromatic N) is 3. The normalized spacial score (nSPS) is 15.6. The quantitative estimate of drug-likeness (QED) is 0.369. The lowest BCUT2D eigenvalue weighted by molar-refractivity contribution is 0.0858. The van der Waals surface area contributed by atoms with E-state index in [4.69, 9.17) is 9.72 Å². The molecule has 0 aliphatic carbocycles. The summed E-state index contributed by atoms with van der Waals surface area (Å²) in [5.74, 6) is 0.354. The third-order valence-electron chi connectivity index (χ3n) is 5.87. The van der Waals surface area contributed by atoms with Crippen LogP contribution in [0, 0.1) is 5.82 Å². The van der Waals surface area contributed by atoms with E-state index in [2.05, 4.69) is 14.9 Å². The van der Waals surface area contributed by atoms with Gasteiger partial charge in [0.15, 0.2) is 5.16 Å². The molecule has 1 aliphatic rings.